The summed E-state index contributed by atoms with van der Waals surface area (Å²) in [6.45, 7) is 0.643. The fourth-order valence-corrected chi connectivity index (χ4v) is 2.98. The van der Waals surface area contributed by atoms with Gasteiger partial charge in [-0.05, 0) is 49.2 Å². The Morgan fingerprint density at radius 2 is 1.93 bits per heavy atom. The van der Waals surface area contributed by atoms with E-state index in [1.165, 1.54) is 12.1 Å². The van der Waals surface area contributed by atoms with Crippen LogP contribution in [0.4, 0.5) is 18.9 Å². The van der Waals surface area contributed by atoms with Crippen LogP contribution in [0.1, 0.15) is 30.4 Å². The molecule has 2 heterocycles. The molecule has 1 saturated heterocycles. The van der Waals surface area contributed by atoms with Crippen molar-refractivity contribution >= 4 is 5.69 Å². The van der Waals surface area contributed by atoms with Crippen molar-refractivity contribution in [3.63, 3.8) is 0 Å². The third-order valence-corrected chi connectivity index (χ3v) is 4.47. The van der Waals surface area contributed by atoms with Crippen molar-refractivity contribution in [3.05, 3.63) is 64.0 Å². The molecule has 0 amide bonds. The van der Waals surface area contributed by atoms with Gasteiger partial charge in [-0.2, -0.15) is 18.2 Å². The zero-order chi connectivity index (χ0) is 21.3. The average molecular weight is 421 g/mol. The lowest BCUT2D eigenvalue weighted by Crippen LogP contribution is -2.06. The summed E-state index contributed by atoms with van der Waals surface area (Å²) in [5, 5.41) is 15.1. The predicted molar refractivity (Wildman–Crippen MR) is 95.8 cm³/mol. The van der Waals surface area contributed by atoms with Crippen molar-refractivity contribution in [3.8, 4) is 22.9 Å². The van der Waals surface area contributed by atoms with E-state index in [-0.39, 0.29) is 17.6 Å². The van der Waals surface area contributed by atoms with Gasteiger partial charge >= 0.3 is 11.9 Å². The summed E-state index contributed by atoms with van der Waals surface area (Å²) in [6, 6.07) is 8.29. The van der Waals surface area contributed by atoms with Crippen LogP contribution in [0.3, 0.4) is 0 Å². The Morgan fingerprint density at radius 1 is 1.17 bits per heavy atom. The summed E-state index contributed by atoms with van der Waals surface area (Å²) in [6.07, 6.45) is -3.18. The lowest BCUT2D eigenvalue weighted by molar-refractivity contribution is -0.385. The van der Waals surface area contributed by atoms with Crippen molar-refractivity contribution in [1.82, 2.24) is 10.1 Å². The number of aromatic nitrogens is 2. The monoisotopic (exact) mass is 421 g/mol. The largest absolute Gasteiger partial charge is 0.450 e. The van der Waals surface area contributed by atoms with Gasteiger partial charge in [0, 0.05) is 18.2 Å². The number of nitro benzene ring substituents is 1. The Bertz CT molecular complexity index is 1060. The molecule has 1 aromatic heterocycles. The minimum Gasteiger partial charge on any atom is -0.450 e. The second-order valence-corrected chi connectivity index (χ2v) is 6.52. The van der Waals surface area contributed by atoms with Crippen LogP contribution in [-0.4, -0.2) is 21.7 Å². The van der Waals surface area contributed by atoms with Gasteiger partial charge < -0.3 is 14.0 Å². The highest BCUT2D eigenvalue weighted by atomic mass is 19.4. The van der Waals surface area contributed by atoms with Crippen LogP contribution < -0.4 is 4.74 Å². The first-order valence-electron chi connectivity index (χ1n) is 8.90. The Labute approximate surface area is 167 Å². The number of benzene rings is 2. The van der Waals surface area contributed by atoms with E-state index in [2.05, 4.69) is 10.1 Å². The van der Waals surface area contributed by atoms with E-state index in [1.807, 2.05) is 0 Å². The average Bonchev–Trinajstić information content (AvgIpc) is 3.40. The standard InChI is InChI=1S/C19H14F3N3O5/c20-19(21,22)12-5-8-15(14(10-12)25(26)27)29-13-6-3-11(4-7-13)17-23-18(30-24-17)16-2-1-9-28-16/h3-8,10,16H,1-2,9H2. The van der Waals surface area contributed by atoms with Gasteiger partial charge in [-0.1, -0.05) is 5.16 Å². The smallest absolute Gasteiger partial charge is 0.416 e. The highest BCUT2D eigenvalue weighted by Gasteiger charge is 2.33. The minimum absolute atomic E-state index is 0.199. The molecule has 8 nitrogen and oxygen atoms in total. The topological polar surface area (TPSA) is 101 Å². The van der Waals surface area contributed by atoms with E-state index in [1.54, 1.807) is 12.1 Å². The zero-order valence-electron chi connectivity index (χ0n) is 15.3. The first-order chi connectivity index (χ1) is 14.3. The van der Waals surface area contributed by atoms with E-state index in [9.17, 15) is 23.3 Å². The van der Waals surface area contributed by atoms with Crippen molar-refractivity contribution in [2.24, 2.45) is 0 Å². The van der Waals surface area contributed by atoms with E-state index >= 15 is 0 Å². The Hall–Kier alpha value is -3.47. The summed E-state index contributed by atoms with van der Waals surface area (Å²) < 4.78 is 54.6. The Morgan fingerprint density at radius 3 is 2.57 bits per heavy atom. The molecule has 1 aliphatic heterocycles. The fraction of sp³-hybridized carbons (Fsp3) is 0.263. The van der Waals surface area contributed by atoms with Crippen LogP contribution in [0.15, 0.2) is 47.0 Å². The van der Waals surface area contributed by atoms with Crippen LogP contribution in [0.25, 0.3) is 11.4 Å². The number of nitrogens with zero attached hydrogens (tertiary/aromatic N) is 3. The predicted octanol–water partition coefficient (Wildman–Crippen LogP) is 5.31. The zero-order valence-corrected chi connectivity index (χ0v) is 15.3. The molecule has 0 aliphatic carbocycles. The van der Waals surface area contributed by atoms with Gasteiger partial charge in [0.05, 0.1) is 10.5 Å². The Balaban J connectivity index is 1.53. The fourth-order valence-electron chi connectivity index (χ4n) is 2.98. The number of hydrogen-bond acceptors (Lipinski definition) is 7. The first-order valence-corrected chi connectivity index (χ1v) is 8.90. The van der Waals surface area contributed by atoms with E-state index in [0.29, 0.717) is 30.0 Å². The first kappa shape index (κ1) is 19.8. The van der Waals surface area contributed by atoms with Gasteiger partial charge in [0.15, 0.2) is 0 Å². The minimum atomic E-state index is -4.70. The van der Waals surface area contributed by atoms with Crippen LogP contribution >= 0.6 is 0 Å². The molecule has 2 aromatic carbocycles. The molecule has 11 heteroatoms. The highest BCUT2D eigenvalue weighted by molar-refractivity contribution is 5.57. The maximum Gasteiger partial charge on any atom is 0.416 e. The molecule has 1 atom stereocenters. The van der Waals surface area contributed by atoms with Gasteiger partial charge in [0.2, 0.25) is 11.6 Å². The number of ether oxygens (including phenoxy) is 2. The molecule has 0 N–H and O–H groups in total. The van der Waals surface area contributed by atoms with Crippen LogP contribution in [0.5, 0.6) is 11.5 Å². The van der Waals surface area contributed by atoms with Gasteiger partial charge in [-0.3, -0.25) is 10.1 Å². The van der Waals surface area contributed by atoms with E-state index < -0.39 is 22.4 Å². The quantitative estimate of drug-likeness (QED) is 0.407. The summed E-state index contributed by atoms with van der Waals surface area (Å²) in [7, 11) is 0. The lowest BCUT2D eigenvalue weighted by atomic mass is 10.1. The molecule has 0 radical (unpaired) electrons. The van der Waals surface area contributed by atoms with Crippen LogP contribution in [0.2, 0.25) is 0 Å². The molecule has 1 aliphatic rings. The number of nitro groups is 1. The summed E-state index contributed by atoms with van der Waals surface area (Å²) in [5.74, 6) is 0.626. The summed E-state index contributed by atoms with van der Waals surface area (Å²) >= 11 is 0. The summed E-state index contributed by atoms with van der Waals surface area (Å²) in [5.41, 5.74) is -1.30. The third kappa shape index (κ3) is 4.10. The molecule has 0 spiro atoms. The molecular weight excluding hydrogens is 407 g/mol. The van der Waals surface area contributed by atoms with Gasteiger partial charge in [-0.25, -0.2) is 0 Å². The molecule has 156 valence electrons. The van der Waals surface area contributed by atoms with Crippen LogP contribution in [0, 0.1) is 10.1 Å². The van der Waals surface area contributed by atoms with Gasteiger partial charge in [0.1, 0.15) is 11.9 Å². The Kier molecular flexibility index (Phi) is 5.12. The van der Waals surface area contributed by atoms with Gasteiger partial charge in [-0.15, -0.1) is 0 Å². The maximum atomic E-state index is 12.8. The van der Waals surface area contributed by atoms with E-state index in [4.69, 9.17) is 14.0 Å². The van der Waals surface area contributed by atoms with Crippen LogP contribution in [-0.2, 0) is 10.9 Å². The second kappa shape index (κ2) is 7.75. The maximum absolute atomic E-state index is 12.8. The number of hydrogen-bond donors (Lipinski definition) is 0. The molecule has 0 bridgehead atoms. The lowest BCUT2D eigenvalue weighted by Gasteiger charge is -2.10. The number of rotatable bonds is 5. The highest BCUT2D eigenvalue weighted by Crippen LogP contribution is 2.38. The normalized spacial score (nSPS) is 16.6. The molecule has 1 fully saturated rings. The van der Waals surface area contributed by atoms with Crippen molar-refractivity contribution < 1.29 is 32.1 Å². The number of halogens is 3. The van der Waals surface area contributed by atoms with Crippen molar-refractivity contribution in [2.75, 3.05) is 6.61 Å². The SMILES string of the molecule is O=[N+]([O-])c1cc(C(F)(F)F)ccc1Oc1ccc(-c2noc(C3CCCO3)n2)cc1. The molecule has 1 unspecified atom stereocenters. The molecule has 0 saturated carbocycles. The third-order valence-electron chi connectivity index (χ3n) is 4.47. The summed E-state index contributed by atoms with van der Waals surface area (Å²) in [4.78, 5) is 14.5. The molecule has 4 rings (SSSR count). The molecule has 30 heavy (non-hydrogen) atoms. The number of alkyl halides is 3. The van der Waals surface area contributed by atoms with Crippen molar-refractivity contribution in [2.45, 2.75) is 25.1 Å². The second-order valence-electron chi connectivity index (χ2n) is 6.52. The molecule has 3 aromatic rings. The molecular formula is C19H14F3N3O5. The van der Waals surface area contributed by atoms with Gasteiger partial charge in [0.25, 0.3) is 5.89 Å². The van der Waals surface area contributed by atoms with E-state index in [0.717, 1.165) is 25.0 Å². The van der Waals surface area contributed by atoms with Crippen molar-refractivity contribution in [1.29, 1.82) is 0 Å².